The Morgan fingerprint density at radius 1 is 1.38 bits per heavy atom. The Morgan fingerprint density at radius 3 is 2.76 bits per heavy atom. The summed E-state index contributed by atoms with van der Waals surface area (Å²) >= 11 is 0. The highest BCUT2D eigenvalue weighted by molar-refractivity contribution is 5.77. The maximum absolute atomic E-state index is 5.84. The van der Waals surface area contributed by atoms with E-state index in [-0.39, 0.29) is 0 Å². The summed E-state index contributed by atoms with van der Waals surface area (Å²) in [7, 11) is 2.20. The van der Waals surface area contributed by atoms with E-state index in [9.17, 15) is 0 Å². The molecule has 4 nitrogen and oxygen atoms in total. The summed E-state index contributed by atoms with van der Waals surface area (Å²) < 4.78 is 2.31. The van der Waals surface area contributed by atoms with Gasteiger partial charge in [-0.3, -0.25) is 4.90 Å². The zero-order valence-electron chi connectivity index (χ0n) is 13.5. The summed E-state index contributed by atoms with van der Waals surface area (Å²) in [5.74, 6) is 1.71. The highest BCUT2D eigenvalue weighted by Gasteiger charge is 2.30. The lowest BCUT2D eigenvalue weighted by Gasteiger charge is -2.19. The Labute approximate surface area is 126 Å². The van der Waals surface area contributed by atoms with Crippen molar-refractivity contribution in [2.75, 3.05) is 20.1 Å². The molecule has 4 heteroatoms. The minimum absolute atomic E-state index is 0.441. The topological polar surface area (TPSA) is 47.1 Å². The average molecular weight is 286 g/mol. The van der Waals surface area contributed by atoms with Gasteiger partial charge in [0.1, 0.15) is 5.82 Å². The standard InChI is InChI=1S/C17H26N4/c1-11(2)21-12(3)19-15-8-14(5-6-16(15)21)17-7-13(9-18)10-20(17)4/h5-6,8,11,13,17H,7,9-10,18H2,1-4H3. The number of fused-ring (bicyclic) bond motifs is 1. The van der Waals surface area contributed by atoms with Crippen LogP contribution >= 0.6 is 0 Å². The number of likely N-dealkylation sites (tertiary alicyclic amines) is 1. The first-order valence-electron chi connectivity index (χ1n) is 7.90. The number of hydrogen-bond acceptors (Lipinski definition) is 3. The van der Waals surface area contributed by atoms with Gasteiger partial charge in [0.25, 0.3) is 0 Å². The number of imidazole rings is 1. The van der Waals surface area contributed by atoms with Gasteiger partial charge in [-0.25, -0.2) is 4.98 Å². The quantitative estimate of drug-likeness (QED) is 0.943. The summed E-state index contributed by atoms with van der Waals surface area (Å²) in [5.41, 5.74) is 9.56. The summed E-state index contributed by atoms with van der Waals surface area (Å²) in [6.07, 6.45) is 1.16. The number of rotatable bonds is 3. The van der Waals surface area contributed by atoms with E-state index in [4.69, 9.17) is 10.7 Å². The number of benzene rings is 1. The third-order valence-corrected chi connectivity index (χ3v) is 4.76. The van der Waals surface area contributed by atoms with Crippen molar-refractivity contribution in [2.45, 2.75) is 39.3 Å². The predicted molar refractivity (Wildman–Crippen MR) is 87.4 cm³/mol. The lowest BCUT2D eigenvalue weighted by Crippen LogP contribution is -2.20. The molecule has 0 amide bonds. The van der Waals surface area contributed by atoms with E-state index < -0.39 is 0 Å². The molecule has 1 aromatic heterocycles. The molecule has 0 bridgehead atoms. The fourth-order valence-corrected chi connectivity index (χ4v) is 3.76. The van der Waals surface area contributed by atoms with Crippen LogP contribution in [-0.4, -0.2) is 34.6 Å². The molecule has 21 heavy (non-hydrogen) atoms. The zero-order valence-corrected chi connectivity index (χ0v) is 13.5. The highest BCUT2D eigenvalue weighted by Crippen LogP contribution is 2.35. The van der Waals surface area contributed by atoms with Crippen LogP contribution in [0.15, 0.2) is 18.2 Å². The van der Waals surface area contributed by atoms with Crippen molar-refractivity contribution in [3.05, 3.63) is 29.6 Å². The molecule has 0 aliphatic carbocycles. The van der Waals surface area contributed by atoms with Crippen LogP contribution < -0.4 is 5.73 Å². The smallest absolute Gasteiger partial charge is 0.106 e. The Morgan fingerprint density at radius 2 is 2.14 bits per heavy atom. The van der Waals surface area contributed by atoms with Gasteiger partial charge in [-0.05, 0) is 64.4 Å². The van der Waals surface area contributed by atoms with Crippen LogP contribution in [0.3, 0.4) is 0 Å². The van der Waals surface area contributed by atoms with Crippen LogP contribution in [0.4, 0.5) is 0 Å². The normalized spacial score (nSPS) is 23.5. The Hall–Kier alpha value is -1.39. The number of nitrogens with zero attached hydrogens (tertiary/aromatic N) is 3. The van der Waals surface area contributed by atoms with Crippen molar-refractivity contribution >= 4 is 11.0 Å². The van der Waals surface area contributed by atoms with Gasteiger partial charge in [0.05, 0.1) is 11.0 Å². The zero-order chi connectivity index (χ0) is 15.1. The second-order valence-electron chi connectivity index (χ2n) is 6.66. The Kier molecular flexibility index (Phi) is 3.76. The molecule has 1 saturated heterocycles. The van der Waals surface area contributed by atoms with E-state index in [1.54, 1.807) is 0 Å². The van der Waals surface area contributed by atoms with E-state index in [0.29, 0.717) is 18.0 Å². The van der Waals surface area contributed by atoms with Gasteiger partial charge in [0.15, 0.2) is 0 Å². The molecule has 0 saturated carbocycles. The first-order chi connectivity index (χ1) is 10.0. The van der Waals surface area contributed by atoms with E-state index in [0.717, 1.165) is 30.9 Å². The number of aromatic nitrogens is 2. The van der Waals surface area contributed by atoms with Crippen molar-refractivity contribution in [1.29, 1.82) is 0 Å². The molecule has 0 spiro atoms. The van der Waals surface area contributed by atoms with Gasteiger partial charge in [-0.1, -0.05) is 6.07 Å². The molecule has 2 aromatic rings. The van der Waals surface area contributed by atoms with Gasteiger partial charge in [0, 0.05) is 18.6 Å². The largest absolute Gasteiger partial charge is 0.330 e. The highest BCUT2D eigenvalue weighted by atomic mass is 15.2. The lowest BCUT2D eigenvalue weighted by molar-refractivity contribution is 0.314. The number of hydrogen-bond donors (Lipinski definition) is 1. The molecule has 3 rings (SSSR count). The van der Waals surface area contributed by atoms with Gasteiger partial charge in [-0.2, -0.15) is 0 Å². The molecule has 2 atom stereocenters. The van der Waals surface area contributed by atoms with Crippen LogP contribution in [-0.2, 0) is 0 Å². The second kappa shape index (κ2) is 5.43. The molecule has 2 unspecified atom stereocenters. The van der Waals surface area contributed by atoms with Crippen molar-refractivity contribution in [3.63, 3.8) is 0 Å². The van der Waals surface area contributed by atoms with Crippen molar-refractivity contribution in [3.8, 4) is 0 Å². The molecular weight excluding hydrogens is 260 g/mol. The fourth-order valence-electron chi connectivity index (χ4n) is 3.76. The molecule has 1 aliphatic heterocycles. The van der Waals surface area contributed by atoms with Crippen molar-refractivity contribution in [2.24, 2.45) is 11.7 Å². The maximum Gasteiger partial charge on any atom is 0.106 e. The molecular formula is C17H26N4. The van der Waals surface area contributed by atoms with Gasteiger partial charge >= 0.3 is 0 Å². The first kappa shape index (κ1) is 14.5. The van der Waals surface area contributed by atoms with Gasteiger partial charge in [-0.15, -0.1) is 0 Å². The van der Waals surface area contributed by atoms with E-state index in [1.807, 2.05) is 0 Å². The van der Waals surface area contributed by atoms with Crippen LogP contribution in [0, 0.1) is 12.8 Å². The summed E-state index contributed by atoms with van der Waals surface area (Å²) in [4.78, 5) is 7.17. The van der Waals surface area contributed by atoms with Crippen molar-refractivity contribution in [1.82, 2.24) is 14.5 Å². The summed E-state index contributed by atoms with van der Waals surface area (Å²) in [6, 6.07) is 7.68. The maximum atomic E-state index is 5.84. The van der Waals surface area contributed by atoms with Gasteiger partial charge < -0.3 is 10.3 Å². The Bertz CT molecular complexity index is 644. The predicted octanol–water partition coefficient (Wildman–Crippen LogP) is 2.88. The second-order valence-corrected chi connectivity index (χ2v) is 6.66. The minimum Gasteiger partial charge on any atom is -0.330 e. The SMILES string of the molecule is Cc1nc2cc(C3CC(CN)CN3C)ccc2n1C(C)C. The third-order valence-electron chi connectivity index (χ3n) is 4.76. The van der Waals surface area contributed by atoms with Gasteiger partial charge in [0.2, 0.25) is 0 Å². The number of nitrogens with two attached hydrogens (primary N) is 1. The summed E-state index contributed by atoms with van der Waals surface area (Å²) in [5, 5.41) is 0. The van der Waals surface area contributed by atoms with Crippen molar-refractivity contribution < 1.29 is 0 Å². The molecule has 2 N–H and O–H groups in total. The minimum atomic E-state index is 0.441. The van der Waals surface area contributed by atoms with E-state index in [1.165, 1.54) is 11.1 Å². The first-order valence-corrected chi connectivity index (χ1v) is 7.90. The molecule has 1 fully saturated rings. The Balaban J connectivity index is 1.99. The molecule has 114 valence electrons. The molecule has 1 aromatic carbocycles. The van der Waals surface area contributed by atoms with Crippen LogP contribution in [0.2, 0.25) is 0 Å². The fraction of sp³-hybridized carbons (Fsp3) is 0.588. The van der Waals surface area contributed by atoms with Crippen LogP contribution in [0.1, 0.15) is 43.7 Å². The average Bonchev–Trinajstić information content (AvgIpc) is 2.96. The molecule has 2 heterocycles. The molecule has 1 aliphatic rings. The monoisotopic (exact) mass is 286 g/mol. The summed E-state index contributed by atoms with van der Waals surface area (Å²) in [6.45, 7) is 8.38. The molecule has 0 radical (unpaired) electrons. The van der Waals surface area contributed by atoms with E-state index >= 15 is 0 Å². The third kappa shape index (κ3) is 2.47. The number of aryl methyl sites for hydroxylation is 1. The van der Waals surface area contributed by atoms with E-state index in [2.05, 4.69) is 55.5 Å². The van der Waals surface area contributed by atoms with Crippen LogP contribution in [0.5, 0.6) is 0 Å². The lowest BCUT2D eigenvalue weighted by atomic mass is 9.99. The van der Waals surface area contributed by atoms with Crippen LogP contribution in [0.25, 0.3) is 11.0 Å².